The average Bonchev–Trinajstić information content (AvgIpc) is 2.53. The normalized spacial score (nSPS) is 21.1. The first kappa shape index (κ1) is 17.5. The molecule has 1 N–H and O–H groups in total. The van der Waals surface area contributed by atoms with Crippen LogP contribution in [0.5, 0.6) is 0 Å². The van der Waals surface area contributed by atoms with Crippen molar-refractivity contribution in [1.29, 1.82) is 0 Å². The lowest BCUT2D eigenvalue weighted by atomic mass is 10.2. The van der Waals surface area contributed by atoms with Crippen molar-refractivity contribution in [2.45, 2.75) is 46.4 Å². The smallest absolute Gasteiger partial charge is 0.317 e. The molecule has 0 radical (unpaired) electrons. The molecule has 0 bridgehead atoms. The van der Waals surface area contributed by atoms with Gasteiger partial charge in [0.15, 0.2) is 0 Å². The van der Waals surface area contributed by atoms with Crippen LogP contribution in [0.1, 0.15) is 33.3 Å². The number of carbonyl (C=O) groups is 1. The van der Waals surface area contributed by atoms with Gasteiger partial charge in [-0.15, -0.1) is 0 Å². The molecule has 0 saturated carbocycles. The minimum absolute atomic E-state index is 0.0325. The van der Waals surface area contributed by atoms with Crippen LogP contribution in [-0.4, -0.2) is 54.3 Å². The van der Waals surface area contributed by atoms with Gasteiger partial charge in [0.1, 0.15) is 5.82 Å². The lowest BCUT2D eigenvalue weighted by Crippen LogP contribution is -2.45. The molecule has 0 aliphatic carbocycles. The third-order valence-corrected chi connectivity index (χ3v) is 4.05. The second-order valence-corrected chi connectivity index (χ2v) is 6.02. The Morgan fingerprint density at radius 1 is 1.30 bits per heavy atom. The number of pyridine rings is 1. The number of aromatic nitrogens is 1. The predicted octanol–water partition coefficient (Wildman–Crippen LogP) is 2.25. The van der Waals surface area contributed by atoms with Gasteiger partial charge in [-0.1, -0.05) is 6.07 Å². The second-order valence-electron chi connectivity index (χ2n) is 6.02. The fraction of sp³-hybridized carbons (Fsp3) is 0.647. The number of urea groups is 1. The van der Waals surface area contributed by atoms with E-state index >= 15 is 0 Å². The summed E-state index contributed by atoms with van der Waals surface area (Å²) in [7, 11) is 0. The van der Waals surface area contributed by atoms with Crippen molar-refractivity contribution in [3.8, 4) is 0 Å². The number of hydrogen-bond donors (Lipinski definition) is 1. The average molecular weight is 320 g/mol. The summed E-state index contributed by atoms with van der Waals surface area (Å²) in [5, 5.41) is 2.93. The van der Waals surface area contributed by atoms with Crippen LogP contribution in [-0.2, 0) is 11.3 Å². The summed E-state index contributed by atoms with van der Waals surface area (Å²) in [5.41, 5.74) is 1.00. The maximum Gasteiger partial charge on any atom is 0.317 e. The number of hydrogen-bond acceptors (Lipinski definition) is 4. The van der Waals surface area contributed by atoms with Gasteiger partial charge in [-0.2, -0.15) is 0 Å². The molecule has 0 aromatic carbocycles. The first-order chi connectivity index (χ1) is 11.0. The summed E-state index contributed by atoms with van der Waals surface area (Å²) < 4.78 is 5.75. The molecule has 2 unspecified atom stereocenters. The summed E-state index contributed by atoms with van der Waals surface area (Å²) in [4.78, 5) is 20.5. The van der Waals surface area contributed by atoms with Crippen molar-refractivity contribution >= 4 is 11.8 Å². The number of ether oxygens (including phenoxy) is 1. The molecule has 6 nitrogen and oxygen atoms in total. The highest BCUT2D eigenvalue weighted by Crippen LogP contribution is 2.18. The van der Waals surface area contributed by atoms with E-state index in [2.05, 4.69) is 29.0 Å². The molecule has 2 heterocycles. The molecule has 2 rings (SSSR count). The molecule has 1 saturated heterocycles. The molecule has 1 aliphatic rings. The van der Waals surface area contributed by atoms with Crippen molar-refractivity contribution < 1.29 is 9.53 Å². The molecule has 1 aliphatic heterocycles. The van der Waals surface area contributed by atoms with Crippen molar-refractivity contribution in [3.63, 3.8) is 0 Å². The highest BCUT2D eigenvalue weighted by atomic mass is 16.5. The number of nitrogens with one attached hydrogen (secondary N) is 1. The Morgan fingerprint density at radius 3 is 2.48 bits per heavy atom. The first-order valence-electron chi connectivity index (χ1n) is 8.41. The monoisotopic (exact) mass is 320 g/mol. The Labute approximate surface area is 138 Å². The van der Waals surface area contributed by atoms with E-state index in [0.29, 0.717) is 19.6 Å². The number of nitrogens with zero attached hydrogens (tertiary/aromatic N) is 3. The van der Waals surface area contributed by atoms with Crippen LogP contribution in [0.25, 0.3) is 0 Å². The molecule has 1 aromatic rings. The molecule has 1 fully saturated rings. The Balaban J connectivity index is 1.90. The quantitative estimate of drug-likeness (QED) is 0.904. The van der Waals surface area contributed by atoms with Crippen LogP contribution < -0.4 is 10.2 Å². The van der Waals surface area contributed by atoms with Crippen LogP contribution in [0.2, 0.25) is 0 Å². The Hall–Kier alpha value is -1.82. The SMILES string of the molecule is CCN(CC)C(=O)NCc1ccc(N2CC(C)OC(C)C2)nc1. The predicted molar refractivity (Wildman–Crippen MR) is 91.6 cm³/mol. The van der Waals surface area contributed by atoms with E-state index in [1.807, 2.05) is 32.2 Å². The summed E-state index contributed by atoms with van der Waals surface area (Å²) in [6.07, 6.45) is 2.27. The third-order valence-electron chi connectivity index (χ3n) is 4.05. The van der Waals surface area contributed by atoms with Crippen LogP contribution in [0.15, 0.2) is 18.3 Å². The van der Waals surface area contributed by atoms with Crippen molar-refractivity contribution in [2.75, 3.05) is 31.1 Å². The Bertz CT molecular complexity index is 492. The standard InChI is InChI=1S/C17H28N4O2/c1-5-20(6-2)17(22)19-10-15-7-8-16(18-9-15)21-11-13(3)23-14(4)12-21/h7-9,13-14H,5-6,10-12H2,1-4H3,(H,19,22). The van der Waals surface area contributed by atoms with E-state index in [-0.39, 0.29) is 18.2 Å². The first-order valence-corrected chi connectivity index (χ1v) is 8.41. The molecular weight excluding hydrogens is 292 g/mol. The second kappa shape index (κ2) is 8.15. The van der Waals surface area contributed by atoms with E-state index in [0.717, 1.165) is 24.5 Å². The number of amides is 2. The van der Waals surface area contributed by atoms with Crippen LogP contribution in [0.3, 0.4) is 0 Å². The van der Waals surface area contributed by atoms with Gasteiger partial charge in [0.25, 0.3) is 0 Å². The molecule has 128 valence electrons. The van der Waals surface area contributed by atoms with Crippen LogP contribution in [0, 0.1) is 0 Å². The maximum atomic E-state index is 11.9. The van der Waals surface area contributed by atoms with Gasteiger partial charge in [-0.05, 0) is 39.3 Å². The number of carbonyl (C=O) groups excluding carboxylic acids is 1. The number of rotatable bonds is 5. The summed E-state index contributed by atoms with van der Waals surface area (Å²) in [6.45, 7) is 11.8. The fourth-order valence-corrected chi connectivity index (χ4v) is 2.87. The van der Waals surface area contributed by atoms with E-state index < -0.39 is 0 Å². The minimum Gasteiger partial charge on any atom is -0.372 e. The topological polar surface area (TPSA) is 57.7 Å². The molecule has 2 atom stereocenters. The summed E-state index contributed by atoms with van der Waals surface area (Å²) in [5.74, 6) is 0.964. The minimum atomic E-state index is -0.0325. The van der Waals surface area contributed by atoms with E-state index in [9.17, 15) is 4.79 Å². The van der Waals surface area contributed by atoms with Crippen LogP contribution in [0.4, 0.5) is 10.6 Å². The highest BCUT2D eigenvalue weighted by Gasteiger charge is 2.22. The summed E-state index contributed by atoms with van der Waals surface area (Å²) >= 11 is 0. The number of morpholine rings is 1. The maximum absolute atomic E-state index is 11.9. The van der Waals surface area contributed by atoms with Gasteiger partial charge in [-0.25, -0.2) is 9.78 Å². The molecular formula is C17H28N4O2. The van der Waals surface area contributed by atoms with Crippen LogP contribution >= 0.6 is 0 Å². The van der Waals surface area contributed by atoms with Gasteiger partial charge >= 0.3 is 6.03 Å². The Kier molecular flexibility index (Phi) is 6.21. The summed E-state index contributed by atoms with van der Waals surface area (Å²) in [6, 6.07) is 4.01. The zero-order chi connectivity index (χ0) is 16.8. The van der Waals surface area contributed by atoms with Gasteiger partial charge in [0, 0.05) is 38.9 Å². The highest BCUT2D eigenvalue weighted by molar-refractivity contribution is 5.74. The van der Waals surface area contributed by atoms with Gasteiger partial charge < -0.3 is 19.9 Å². The largest absolute Gasteiger partial charge is 0.372 e. The number of anilines is 1. The molecule has 6 heteroatoms. The molecule has 0 spiro atoms. The fourth-order valence-electron chi connectivity index (χ4n) is 2.87. The molecule has 1 aromatic heterocycles. The third kappa shape index (κ3) is 4.82. The van der Waals surface area contributed by atoms with Crippen molar-refractivity contribution in [2.24, 2.45) is 0 Å². The van der Waals surface area contributed by atoms with E-state index in [4.69, 9.17) is 4.74 Å². The zero-order valence-electron chi connectivity index (χ0n) is 14.6. The lowest BCUT2D eigenvalue weighted by Gasteiger charge is -2.36. The van der Waals surface area contributed by atoms with Gasteiger partial charge in [-0.3, -0.25) is 0 Å². The van der Waals surface area contributed by atoms with Gasteiger partial charge in [0.05, 0.1) is 12.2 Å². The molecule has 23 heavy (non-hydrogen) atoms. The van der Waals surface area contributed by atoms with E-state index in [1.165, 1.54) is 0 Å². The van der Waals surface area contributed by atoms with Crippen molar-refractivity contribution in [3.05, 3.63) is 23.9 Å². The zero-order valence-corrected chi connectivity index (χ0v) is 14.6. The lowest BCUT2D eigenvalue weighted by molar-refractivity contribution is -0.00546. The Morgan fingerprint density at radius 2 is 1.96 bits per heavy atom. The molecule has 2 amide bonds. The van der Waals surface area contributed by atoms with Crippen molar-refractivity contribution in [1.82, 2.24) is 15.2 Å². The van der Waals surface area contributed by atoms with Gasteiger partial charge in [0.2, 0.25) is 0 Å². The van der Waals surface area contributed by atoms with E-state index in [1.54, 1.807) is 4.90 Å².